The molecule has 0 spiro atoms. The molecule has 0 bridgehead atoms. The topological polar surface area (TPSA) is 143 Å². The van der Waals surface area contributed by atoms with Crippen molar-refractivity contribution in [3.8, 4) is 0 Å². The molecule has 0 aliphatic carbocycles. The Morgan fingerprint density at radius 1 is 1.29 bits per heavy atom. The smallest absolute Gasteiger partial charge is 0.256 e. The molecule has 3 heterocycles. The van der Waals surface area contributed by atoms with Crippen LogP contribution in [-0.4, -0.2) is 65.2 Å². The maximum Gasteiger partial charge on any atom is 0.256 e. The van der Waals surface area contributed by atoms with Gasteiger partial charge in [-0.2, -0.15) is 0 Å². The van der Waals surface area contributed by atoms with Crippen LogP contribution in [0, 0.1) is 0 Å². The zero-order valence-corrected chi connectivity index (χ0v) is 14.9. The summed E-state index contributed by atoms with van der Waals surface area (Å²) in [7, 11) is 0. The van der Waals surface area contributed by atoms with Crippen molar-refractivity contribution in [1.82, 2.24) is 19.5 Å². The Hall–Kier alpha value is -2.92. The van der Waals surface area contributed by atoms with Crippen molar-refractivity contribution in [2.75, 3.05) is 11.9 Å². The quantitative estimate of drug-likeness (QED) is 0.495. The number of imidazole rings is 1. The van der Waals surface area contributed by atoms with Gasteiger partial charge in [0, 0.05) is 5.56 Å². The van der Waals surface area contributed by atoms with E-state index in [-0.39, 0.29) is 11.7 Å². The molecule has 0 unspecified atom stereocenters. The molecule has 10 heteroatoms. The third kappa shape index (κ3) is 2.92. The number of fused-ring (bicyclic) bond motifs is 1. The number of aliphatic hydroxyl groups excluding tert-OH is 2. The molecule has 4 atom stereocenters. The summed E-state index contributed by atoms with van der Waals surface area (Å²) in [6.07, 6.45) is -0.638. The molecule has 28 heavy (non-hydrogen) atoms. The third-order valence-corrected chi connectivity index (χ3v) is 4.81. The fourth-order valence-electron chi connectivity index (χ4n) is 3.27. The van der Waals surface area contributed by atoms with Crippen molar-refractivity contribution in [3.05, 3.63) is 48.5 Å². The highest BCUT2D eigenvalue weighted by molar-refractivity contribution is 6.06. The van der Waals surface area contributed by atoms with Gasteiger partial charge in [0.05, 0.1) is 12.9 Å². The molecule has 0 saturated carbocycles. The van der Waals surface area contributed by atoms with Gasteiger partial charge in [-0.15, -0.1) is 0 Å². The second-order valence-corrected chi connectivity index (χ2v) is 6.75. The molecule has 4 rings (SSSR count). The van der Waals surface area contributed by atoms with Crippen LogP contribution in [0.3, 0.4) is 0 Å². The van der Waals surface area contributed by atoms with Crippen molar-refractivity contribution < 1.29 is 24.9 Å². The number of ether oxygens (including phenoxy) is 1. The number of aromatic nitrogens is 4. The van der Waals surface area contributed by atoms with Crippen LogP contribution in [0.1, 0.15) is 23.5 Å². The number of amides is 1. The first-order chi connectivity index (χ1) is 13.4. The molecule has 146 valence electrons. The second kappa shape index (κ2) is 6.91. The molecule has 10 nitrogen and oxygen atoms in total. The predicted octanol–water partition coefficient (Wildman–Crippen LogP) is 0.0802. The fourth-order valence-corrected chi connectivity index (χ4v) is 3.27. The Kier molecular flexibility index (Phi) is 4.55. The second-order valence-electron chi connectivity index (χ2n) is 6.75. The van der Waals surface area contributed by atoms with E-state index in [0.717, 1.165) is 0 Å². The summed E-state index contributed by atoms with van der Waals surface area (Å²) < 4.78 is 7.04. The number of nitrogens with one attached hydrogen (secondary N) is 1. The summed E-state index contributed by atoms with van der Waals surface area (Å²) in [5.74, 6) is -0.149. The maximum atomic E-state index is 12.4. The number of hydrogen-bond acceptors (Lipinski definition) is 8. The lowest BCUT2D eigenvalue weighted by Gasteiger charge is -2.27. The summed E-state index contributed by atoms with van der Waals surface area (Å²) >= 11 is 0. The molecule has 1 fully saturated rings. The molecule has 2 aromatic heterocycles. The SMILES string of the molecule is C[C@]1(O)[C@H](O)[C@@H](CO)O[C@H]1n1cnc2c(NC(=O)c3ccccc3)ncnc21. The van der Waals surface area contributed by atoms with Crippen molar-refractivity contribution in [2.24, 2.45) is 0 Å². The first kappa shape index (κ1) is 18.4. The number of benzene rings is 1. The fraction of sp³-hybridized carbons (Fsp3) is 0.333. The van der Waals surface area contributed by atoms with Crippen LogP contribution in [0.25, 0.3) is 11.2 Å². The number of carbonyl (C=O) groups is 1. The van der Waals surface area contributed by atoms with Crippen LogP contribution in [0.4, 0.5) is 5.82 Å². The molecule has 1 aromatic carbocycles. The Morgan fingerprint density at radius 3 is 2.71 bits per heavy atom. The van der Waals surface area contributed by atoms with Crippen LogP contribution in [-0.2, 0) is 4.74 Å². The van der Waals surface area contributed by atoms with Gasteiger partial charge in [0.2, 0.25) is 0 Å². The van der Waals surface area contributed by atoms with Gasteiger partial charge in [0.15, 0.2) is 23.2 Å². The van der Waals surface area contributed by atoms with E-state index in [1.807, 2.05) is 6.07 Å². The standard InChI is InChI=1S/C18H19N5O5/c1-18(27)13(25)11(7-24)28-17(18)23-9-21-12-14(19-8-20-15(12)23)22-16(26)10-5-3-2-4-6-10/h2-6,8-9,11,13,17,24-25,27H,7H2,1H3,(H,19,20,22,26)/t11-,13-,17-,18+/m1/s1. The van der Waals surface area contributed by atoms with Crippen LogP contribution in [0.2, 0.25) is 0 Å². The van der Waals surface area contributed by atoms with Gasteiger partial charge in [-0.05, 0) is 19.1 Å². The molecule has 1 aliphatic heterocycles. The minimum atomic E-state index is -1.68. The Balaban J connectivity index is 1.69. The lowest BCUT2D eigenvalue weighted by Crippen LogP contribution is -2.44. The Labute approximate surface area is 159 Å². The first-order valence-corrected chi connectivity index (χ1v) is 8.64. The van der Waals surface area contributed by atoms with E-state index in [9.17, 15) is 20.1 Å². The minimum Gasteiger partial charge on any atom is -0.394 e. The summed E-state index contributed by atoms with van der Waals surface area (Å²) in [6.45, 7) is 0.955. The summed E-state index contributed by atoms with van der Waals surface area (Å²) in [5.41, 5.74) is -0.619. The van der Waals surface area contributed by atoms with Crippen molar-refractivity contribution in [1.29, 1.82) is 0 Å². The van der Waals surface area contributed by atoms with Gasteiger partial charge in [0.25, 0.3) is 5.91 Å². The van der Waals surface area contributed by atoms with Gasteiger partial charge in [-0.1, -0.05) is 18.2 Å². The summed E-state index contributed by atoms with van der Waals surface area (Å²) in [4.78, 5) is 24.9. The number of carbonyl (C=O) groups excluding carboxylic acids is 1. The van der Waals surface area contributed by atoms with Crippen molar-refractivity contribution in [2.45, 2.75) is 31.0 Å². The van der Waals surface area contributed by atoms with E-state index < -0.39 is 30.6 Å². The number of hydrogen-bond donors (Lipinski definition) is 4. The normalized spacial score (nSPS) is 27.2. The maximum absolute atomic E-state index is 12.4. The highest BCUT2D eigenvalue weighted by Crippen LogP contribution is 2.39. The van der Waals surface area contributed by atoms with Crippen LogP contribution in [0.5, 0.6) is 0 Å². The number of rotatable bonds is 4. The Morgan fingerprint density at radius 2 is 2.04 bits per heavy atom. The zero-order valence-electron chi connectivity index (χ0n) is 14.9. The molecule has 4 N–H and O–H groups in total. The van der Waals surface area contributed by atoms with Crippen molar-refractivity contribution >= 4 is 22.9 Å². The molecule has 1 saturated heterocycles. The minimum absolute atomic E-state index is 0.203. The van der Waals surface area contributed by atoms with Gasteiger partial charge < -0.3 is 25.4 Å². The highest BCUT2D eigenvalue weighted by Gasteiger charge is 2.53. The van der Waals surface area contributed by atoms with E-state index in [0.29, 0.717) is 16.7 Å². The lowest BCUT2D eigenvalue weighted by atomic mass is 9.96. The van der Waals surface area contributed by atoms with E-state index in [1.165, 1.54) is 24.1 Å². The molecule has 1 aliphatic rings. The molecular weight excluding hydrogens is 366 g/mol. The Bertz CT molecular complexity index is 1010. The zero-order chi connectivity index (χ0) is 19.9. The highest BCUT2D eigenvalue weighted by atomic mass is 16.6. The van der Waals surface area contributed by atoms with Gasteiger partial charge in [-0.3, -0.25) is 9.36 Å². The van der Waals surface area contributed by atoms with Gasteiger partial charge in [-0.25, -0.2) is 15.0 Å². The van der Waals surface area contributed by atoms with E-state index in [4.69, 9.17) is 4.74 Å². The van der Waals surface area contributed by atoms with Crippen LogP contribution < -0.4 is 5.32 Å². The lowest BCUT2D eigenvalue weighted by molar-refractivity contribution is -0.0950. The number of nitrogens with zero attached hydrogens (tertiary/aromatic N) is 4. The van der Waals surface area contributed by atoms with Crippen LogP contribution >= 0.6 is 0 Å². The van der Waals surface area contributed by atoms with E-state index in [2.05, 4.69) is 20.3 Å². The van der Waals surface area contributed by atoms with E-state index >= 15 is 0 Å². The summed E-state index contributed by atoms with van der Waals surface area (Å²) in [5, 5.41) is 32.9. The monoisotopic (exact) mass is 385 g/mol. The largest absolute Gasteiger partial charge is 0.394 e. The number of aliphatic hydroxyl groups is 3. The van der Waals surface area contributed by atoms with Gasteiger partial charge >= 0.3 is 0 Å². The molecule has 1 amide bonds. The average molecular weight is 385 g/mol. The van der Waals surface area contributed by atoms with Gasteiger partial charge in [0.1, 0.15) is 24.1 Å². The van der Waals surface area contributed by atoms with Crippen LogP contribution in [0.15, 0.2) is 43.0 Å². The number of anilines is 1. The summed E-state index contributed by atoms with van der Waals surface area (Å²) in [6, 6.07) is 8.66. The third-order valence-electron chi connectivity index (χ3n) is 4.81. The van der Waals surface area contributed by atoms with Crippen molar-refractivity contribution in [3.63, 3.8) is 0 Å². The molecule has 3 aromatic rings. The molecule has 0 radical (unpaired) electrons. The molecular formula is C18H19N5O5. The first-order valence-electron chi connectivity index (χ1n) is 8.64. The predicted molar refractivity (Wildman–Crippen MR) is 97.3 cm³/mol. The van der Waals surface area contributed by atoms with E-state index in [1.54, 1.807) is 24.3 Å². The average Bonchev–Trinajstić information content (AvgIpc) is 3.22.